The number of thioether (sulfide) groups is 1. The van der Waals surface area contributed by atoms with Crippen molar-refractivity contribution in [2.24, 2.45) is 5.10 Å². The normalized spacial score (nSPS) is 12.1. The Labute approximate surface area is 110 Å². The molecule has 1 aromatic carbocycles. The van der Waals surface area contributed by atoms with E-state index in [0.29, 0.717) is 16.1 Å². The average Bonchev–Trinajstić information content (AvgIpc) is 2.41. The molecule has 18 heavy (non-hydrogen) atoms. The van der Waals surface area contributed by atoms with Crippen molar-refractivity contribution in [1.29, 1.82) is 0 Å². The summed E-state index contributed by atoms with van der Waals surface area (Å²) in [6.45, 7) is 3.92. The van der Waals surface area contributed by atoms with E-state index < -0.39 is 0 Å². The Bertz CT molecular complexity index is 661. The smallest absolute Gasteiger partial charge is 0.267 e. The van der Waals surface area contributed by atoms with Gasteiger partial charge in [0.05, 0.1) is 10.9 Å². The van der Waals surface area contributed by atoms with Gasteiger partial charge in [-0.05, 0) is 31.7 Å². The van der Waals surface area contributed by atoms with Gasteiger partial charge in [0.1, 0.15) is 0 Å². The van der Waals surface area contributed by atoms with Crippen LogP contribution in [-0.2, 0) is 0 Å². The zero-order valence-corrected chi connectivity index (χ0v) is 11.5. The topological polar surface area (TPSA) is 47.2 Å². The predicted octanol–water partition coefficient (Wildman–Crippen LogP) is 2.75. The second-order valence-electron chi connectivity index (χ2n) is 3.92. The molecule has 2 rings (SSSR count). The highest BCUT2D eigenvalue weighted by Gasteiger charge is 2.09. The largest absolute Gasteiger partial charge is 0.282 e. The van der Waals surface area contributed by atoms with Gasteiger partial charge >= 0.3 is 0 Å². The van der Waals surface area contributed by atoms with E-state index in [-0.39, 0.29) is 5.56 Å². The van der Waals surface area contributed by atoms with Crippen molar-refractivity contribution in [1.82, 2.24) is 9.66 Å². The number of hydrogen-bond acceptors (Lipinski definition) is 4. The van der Waals surface area contributed by atoms with Gasteiger partial charge in [-0.25, -0.2) is 4.98 Å². The summed E-state index contributed by atoms with van der Waals surface area (Å²) in [5.41, 5.74) is 1.51. The van der Waals surface area contributed by atoms with Crippen LogP contribution in [-0.4, -0.2) is 21.6 Å². The number of rotatable bonds is 3. The van der Waals surface area contributed by atoms with Crippen molar-refractivity contribution >= 4 is 28.4 Å². The second-order valence-corrected chi connectivity index (χ2v) is 4.69. The van der Waals surface area contributed by atoms with Crippen LogP contribution in [0.25, 0.3) is 10.9 Å². The number of para-hydroxylation sites is 1. The summed E-state index contributed by atoms with van der Waals surface area (Å²) in [7, 11) is 0. The van der Waals surface area contributed by atoms with E-state index >= 15 is 0 Å². The number of aromatic nitrogens is 2. The predicted molar refractivity (Wildman–Crippen MR) is 76.6 cm³/mol. The Kier molecular flexibility index (Phi) is 3.81. The second kappa shape index (κ2) is 5.35. The third-order valence-electron chi connectivity index (χ3n) is 2.69. The molecular weight excluding hydrogens is 246 g/mol. The van der Waals surface area contributed by atoms with E-state index in [1.54, 1.807) is 6.07 Å². The zero-order chi connectivity index (χ0) is 13.1. The minimum atomic E-state index is -0.113. The first-order chi connectivity index (χ1) is 8.67. The molecule has 94 valence electrons. The van der Waals surface area contributed by atoms with Gasteiger partial charge in [0.25, 0.3) is 5.56 Å². The highest BCUT2D eigenvalue weighted by molar-refractivity contribution is 7.98. The minimum Gasteiger partial charge on any atom is -0.267 e. The molecule has 0 aliphatic rings. The SMILES string of the molecule is CC/C(C)=N/n1c(SC)nc2ccccc2c1=O. The lowest BCUT2D eigenvalue weighted by atomic mass is 10.2. The lowest BCUT2D eigenvalue weighted by Gasteiger charge is -2.07. The third kappa shape index (κ3) is 2.31. The van der Waals surface area contributed by atoms with Gasteiger partial charge in [0.15, 0.2) is 5.16 Å². The summed E-state index contributed by atoms with van der Waals surface area (Å²) < 4.78 is 1.39. The van der Waals surface area contributed by atoms with Crippen molar-refractivity contribution in [3.63, 3.8) is 0 Å². The highest BCUT2D eigenvalue weighted by Crippen LogP contribution is 2.14. The van der Waals surface area contributed by atoms with Crippen LogP contribution in [0.1, 0.15) is 20.3 Å². The molecule has 5 heteroatoms. The van der Waals surface area contributed by atoms with E-state index in [1.165, 1.54) is 16.4 Å². The van der Waals surface area contributed by atoms with Crippen molar-refractivity contribution in [2.45, 2.75) is 25.4 Å². The summed E-state index contributed by atoms with van der Waals surface area (Å²) >= 11 is 1.42. The van der Waals surface area contributed by atoms with Crippen LogP contribution >= 0.6 is 11.8 Å². The van der Waals surface area contributed by atoms with E-state index in [0.717, 1.165) is 12.1 Å². The van der Waals surface area contributed by atoms with Crippen LogP contribution in [0, 0.1) is 0 Å². The van der Waals surface area contributed by atoms with Gasteiger partial charge in [0.2, 0.25) is 0 Å². The Morgan fingerprint density at radius 1 is 1.44 bits per heavy atom. The molecule has 0 aliphatic heterocycles. The Hall–Kier alpha value is -1.62. The fourth-order valence-electron chi connectivity index (χ4n) is 1.57. The summed E-state index contributed by atoms with van der Waals surface area (Å²) in [4.78, 5) is 16.8. The minimum absolute atomic E-state index is 0.113. The number of fused-ring (bicyclic) bond motifs is 1. The maximum atomic E-state index is 12.4. The molecule has 0 saturated carbocycles. The van der Waals surface area contributed by atoms with Gasteiger partial charge in [-0.2, -0.15) is 9.78 Å². The highest BCUT2D eigenvalue weighted by atomic mass is 32.2. The van der Waals surface area contributed by atoms with Crippen molar-refractivity contribution in [3.8, 4) is 0 Å². The van der Waals surface area contributed by atoms with Crippen LogP contribution in [0.4, 0.5) is 0 Å². The Morgan fingerprint density at radius 3 is 2.83 bits per heavy atom. The number of hydrogen-bond donors (Lipinski definition) is 0. The standard InChI is InChI=1S/C13H15N3OS/c1-4-9(2)15-16-12(17)10-7-5-6-8-11(10)14-13(16)18-3/h5-8H,4H2,1-3H3/b15-9+. The molecular formula is C13H15N3OS. The quantitative estimate of drug-likeness (QED) is 0.485. The van der Waals surface area contributed by atoms with E-state index in [1.807, 2.05) is 38.3 Å². The lowest BCUT2D eigenvalue weighted by molar-refractivity contribution is 0.701. The molecule has 0 radical (unpaired) electrons. The van der Waals surface area contributed by atoms with Gasteiger partial charge < -0.3 is 0 Å². The molecule has 0 fully saturated rings. The van der Waals surface area contributed by atoms with Crippen LogP contribution in [0.5, 0.6) is 0 Å². The molecule has 2 aromatic rings. The van der Waals surface area contributed by atoms with Gasteiger partial charge in [0, 0.05) is 5.71 Å². The molecule has 0 spiro atoms. The molecule has 4 nitrogen and oxygen atoms in total. The average molecular weight is 261 g/mol. The zero-order valence-electron chi connectivity index (χ0n) is 10.7. The molecule has 0 unspecified atom stereocenters. The van der Waals surface area contributed by atoms with Gasteiger partial charge in [-0.15, -0.1) is 0 Å². The molecule has 0 amide bonds. The van der Waals surface area contributed by atoms with E-state index in [9.17, 15) is 4.79 Å². The molecule has 0 aliphatic carbocycles. The van der Waals surface area contributed by atoms with Crippen molar-refractivity contribution < 1.29 is 0 Å². The van der Waals surface area contributed by atoms with Gasteiger partial charge in [-0.1, -0.05) is 30.8 Å². The summed E-state index contributed by atoms with van der Waals surface area (Å²) in [5, 5.41) is 5.55. The fraction of sp³-hybridized carbons (Fsp3) is 0.308. The summed E-state index contributed by atoms with van der Waals surface area (Å²) in [6.07, 6.45) is 2.71. The van der Waals surface area contributed by atoms with Gasteiger partial charge in [-0.3, -0.25) is 4.79 Å². The fourth-order valence-corrected chi connectivity index (χ4v) is 2.05. The number of nitrogens with zero attached hydrogens (tertiary/aromatic N) is 3. The Morgan fingerprint density at radius 2 is 2.17 bits per heavy atom. The van der Waals surface area contributed by atoms with E-state index in [2.05, 4.69) is 10.1 Å². The van der Waals surface area contributed by atoms with Crippen LogP contribution in [0.15, 0.2) is 39.3 Å². The molecule has 0 saturated heterocycles. The number of benzene rings is 1. The van der Waals surface area contributed by atoms with Crippen LogP contribution in [0.2, 0.25) is 0 Å². The lowest BCUT2D eigenvalue weighted by Crippen LogP contribution is -2.20. The molecule has 0 bridgehead atoms. The maximum Gasteiger partial charge on any atom is 0.282 e. The first kappa shape index (κ1) is 12.8. The Balaban J connectivity index is 2.79. The van der Waals surface area contributed by atoms with Crippen molar-refractivity contribution in [3.05, 3.63) is 34.6 Å². The first-order valence-electron chi connectivity index (χ1n) is 5.77. The first-order valence-corrected chi connectivity index (χ1v) is 7.00. The maximum absolute atomic E-state index is 12.4. The summed E-state index contributed by atoms with van der Waals surface area (Å²) in [6, 6.07) is 7.34. The molecule has 1 heterocycles. The van der Waals surface area contributed by atoms with E-state index in [4.69, 9.17) is 0 Å². The molecule has 0 N–H and O–H groups in total. The van der Waals surface area contributed by atoms with Crippen LogP contribution in [0.3, 0.4) is 0 Å². The monoisotopic (exact) mass is 261 g/mol. The third-order valence-corrected chi connectivity index (χ3v) is 3.32. The van der Waals surface area contributed by atoms with Crippen molar-refractivity contribution in [2.75, 3.05) is 6.26 Å². The molecule has 1 aromatic heterocycles. The van der Waals surface area contributed by atoms with Crippen LogP contribution < -0.4 is 5.56 Å². The summed E-state index contributed by atoms with van der Waals surface area (Å²) in [5.74, 6) is 0. The molecule has 0 atom stereocenters.